The number of hydrogen-bond donors (Lipinski definition) is 1. The van der Waals surface area contributed by atoms with E-state index < -0.39 is 52.7 Å². The van der Waals surface area contributed by atoms with Gasteiger partial charge in [-0.15, -0.1) is 0 Å². The van der Waals surface area contributed by atoms with E-state index in [0.717, 1.165) is 24.3 Å². The van der Waals surface area contributed by atoms with Crippen LogP contribution in [0.5, 0.6) is 0 Å². The highest BCUT2D eigenvalue weighted by atomic mass is 19.1. The van der Waals surface area contributed by atoms with E-state index in [0.29, 0.717) is 11.8 Å². The van der Waals surface area contributed by atoms with Gasteiger partial charge in [0.05, 0.1) is 5.92 Å². The zero-order valence-corrected chi connectivity index (χ0v) is 18.0. The molecule has 7 heteroatoms. The fraction of sp³-hybridized carbons (Fsp3) is 0.192. The van der Waals surface area contributed by atoms with Crippen molar-refractivity contribution >= 4 is 23.2 Å². The quantitative estimate of drug-likeness (QED) is 0.359. The average Bonchev–Trinajstić information content (AvgIpc) is 2.78. The van der Waals surface area contributed by atoms with Gasteiger partial charge >= 0.3 is 0 Å². The van der Waals surface area contributed by atoms with Crippen molar-refractivity contribution in [2.45, 2.75) is 19.8 Å². The molecule has 0 aliphatic rings. The average molecular weight is 453 g/mol. The summed E-state index contributed by atoms with van der Waals surface area (Å²) in [7, 11) is 0. The molecule has 0 spiro atoms. The smallest absolute Gasteiger partial charge is 0.236 e. The lowest BCUT2D eigenvalue weighted by Crippen LogP contribution is -2.40. The van der Waals surface area contributed by atoms with Crippen molar-refractivity contribution in [1.29, 1.82) is 0 Å². The van der Waals surface area contributed by atoms with Crippen LogP contribution in [0, 0.1) is 29.3 Å². The van der Waals surface area contributed by atoms with E-state index in [-0.39, 0.29) is 11.1 Å². The molecule has 3 aromatic rings. The Hall–Kier alpha value is -3.74. The minimum Gasteiger partial charge on any atom is -0.325 e. The van der Waals surface area contributed by atoms with Gasteiger partial charge in [-0.2, -0.15) is 0 Å². The summed E-state index contributed by atoms with van der Waals surface area (Å²) in [5, 5.41) is 2.61. The molecular weight excluding hydrogens is 431 g/mol. The lowest BCUT2D eigenvalue weighted by Gasteiger charge is -2.27. The van der Waals surface area contributed by atoms with Crippen LogP contribution in [0.2, 0.25) is 0 Å². The van der Waals surface area contributed by atoms with Gasteiger partial charge in [0.1, 0.15) is 29.2 Å². The third-order valence-electron chi connectivity index (χ3n) is 5.24. The molecule has 170 valence electrons. The van der Waals surface area contributed by atoms with E-state index in [1.54, 1.807) is 44.2 Å². The summed E-state index contributed by atoms with van der Waals surface area (Å²) in [5.74, 6) is -8.54. The first-order valence-corrected chi connectivity index (χ1v) is 10.3. The SMILES string of the molecule is CC(C)C(=O)C(C(=O)Nc1ccccc1)C(C(=O)c1ccc(F)cc1)c1ccc(F)cc1F. The highest BCUT2D eigenvalue weighted by Crippen LogP contribution is 2.34. The Morgan fingerprint density at radius 3 is 1.97 bits per heavy atom. The Morgan fingerprint density at radius 1 is 0.788 bits per heavy atom. The molecule has 0 heterocycles. The van der Waals surface area contributed by atoms with Crippen molar-refractivity contribution in [3.05, 3.63) is 101 Å². The first-order chi connectivity index (χ1) is 15.7. The fourth-order valence-corrected chi connectivity index (χ4v) is 3.57. The van der Waals surface area contributed by atoms with E-state index in [9.17, 15) is 27.6 Å². The zero-order valence-electron chi connectivity index (χ0n) is 18.0. The second-order valence-electron chi connectivity index (χ2n) is 7.90. The standard InChI is InChI=1S/C26H22F3NO3/c1-15(2)24(31)23(26(33)30-19-6-4-3-5-7-19)22(20-13-12-18(28)14-21(20)29)25(32)16-8-10-17(27)11-9-16/h3-15,22-23H,1-2H3,(H,30,33). The Morgan fingerprint density at radius 2 is 1.39 bits per heavy atom. The molecule has 1 N–H and O–H groups in total. The minimum atomic E-state index is -1.61. The monoisotopic (exact) mass is 453 g/mol. The van der Waals surface area contributed by atoms with E-state index in [4.69, 9.17) is 0 Å². The summed E-state index contributed by atoms with van der Waals surface area (Å²) < 4.78 is 41.9. The number of benzene rings is 3. The normalized spacial score (nSPS) is 12.8. The largest absolute Gasteiger partial charge is 0.325 e. The molecule has 3 aromatic carbocycles. The number of carbonyl (C=O) groups excluding carboxylic acids is 3. The van der Waals surface area contributed by atoms with Crippen LogP contribution in [-0.2, 0) is 9.59 Å². The molecular formula is C26H22F3NO3. The molecule has 0 radical (unpaired) electrons. The third kappa shape index (κ3) is 5.55. The van der Waals surface area contributed by atoms with Gasteiger partial charge in [-0.25, -0.2) is 13.2 Å². The van der Waals surface area contributed by atoms with Crippen molar-refractivity contribution in [2.24, 2.45) is 11.8 Å². The molecule has 0 bridgehead atoms. The van der Waals surface area contributed by atoms with Crippen molar-refractivity contribution in [2.75, 3.05) is 5.32 Å². The molecule has 0 aliphatic carbocycles. The number of para-hydroxylation sites is 1. The van der Waals surface area contributed by atoms with Crippen LogP contribution >= 0.6 is 0 Å². The maximum atomic E-state index is 14.9. The van der Waals surface area contributed by atoms with Gasteiger partial charge in [-0.3, -0.25) is 14.4 Å². The van der Waals surface area contributed by atoms with Crippen molar-refractivity contribution in [1.82, 2.24) is 0 Å². The number of anilines is 1. The number of halogens is 3. The molecule has 1 amide bonds. The lowest BCUT2D eigenvalue weighted by molar-refractivity contribution is -0.133. The summed E-state index contributed by atoms with van der Waals surface area (Å²) in [4.78, 5) is 40.0. The van der Waals surface area contributed by atoms with E-state index >= 15 is 0 Å². The molecule has 3 rings (SSSR count). The molecule has 0 fully saturated rings. The Kier molecular flexibility index (Phi) is 7.43. The van der Waals surface area contributed by atoms with Crippen LogP contribution in [0.15, 0.2) is 72.8 Å². The van der Waals surface area contributed by atoms with E-state index in [1.165, 1.54) is 12.1 Å². The second-order valence-corrected chi connectivity index (χ2v) is 7.90. The number of ketones is 2. The number of hydrogen-bond acceptors (Lipinski definition) is 3. The first-order valence-electron chi connectivity index (χ1n) is 10.3. The third-order valence-corrected chi connectivity index (χ3v) is 5.24. The van der Waals surface area contributed by atoms with Crippen molar-refractivity contribution in [3.8, 4) is 0 Å². The van der Waals surface area contributed by atoms with Crippen molar-refractivity contribution in [3.63, 3.8) is 0 Å². The lowest BCUT2D eigenvalue weighted by atomic mass is 9.75. The van der Waals surface area contributed by atoms with E-state index in [2.05, 4.69) is 5.32 Å². The van der Waals surface area contributed by atoms with Crippen LogP contribution in [0.4, 0.5) is 18.9 Å². The molecule has 0 saturated heterocycles. The number of amides is 1. The van der Waals surface area contributed by atoms with Crippen LogP contribution in [0.1, 0.15) is 35.7 Å². The topological polar surface area (TPSA) is 63.2 Å². The van der Waals surface area contributed by atoms with Crippen LogP contribution < -0.4 is 5.32 Å². The molecule has 2 atom stereocenters. The molecule has 0 aliphatic heterocycles. The van der Waals surface area contributed by atoms with Crippen LogP contribution in [0.25, 0.3) is 0 Å². The number of nitrogens with one attached hydrogen (secondary N) is 1. The van der Waals surface area contributed by atoms with Gasteiger partial charge in [0, 0.05) is 28.8 Å². The Labute approximate surface area is 189 Å². The van der Waals surface area contributed by atoms with Gasteiger partial charge in [-0.05, 0) is 42.5 Å². The molecule has 0 aromatic heterocycles. The Bertz CT molecular complexity index is 1160. The second kappa shape index (κ2) is 10.3. The summed E-state index contributed by atoms with van der Waals surface area (Å²) in [5.41, 5.74) is 0.0729. The van der Waals surface area contributed by atoms with Gasteiger partial charge in [0.2, 0.25) is 5.91 Å². The molecule has 4 nitrogen and oxygen atoms in total. The van der Waals surface area contributed by atoms with Gasteiger partial charge in [0.25, 0.3) is 0 Å². The summed E-state index contributed by atoms with van der Waals surface area (Å²) >= 11 is 0. The molecule has 2 unspecified atom stereocenters. The van der Waals surface area contributed by atoms with Gasteiger partial charge in [0.15, 0.2) is 5.78 Å². The predicted octanol–water partition coefficient (Wildman–Crippen LogP) is 5.55. The van der Waals surface area contributed by atoms with Gasteiger partial charge in [-0.1, -0.05) is 38.1 Å². The minimum absolute atomic E-state index is 0.0146. The maximum Gasteiger partial charge on any atom is 0.236 e. The van der Waals surface area contributed by atoms with Crippen molar-refractivity contribution < 1.29 is 27.6 Å². The zero-order chi connectivity index (χ0) is 24.1. The highest BCUT2D eigenvalue weighted by Gasteiger charge is 2.42. The Balaban J connectivity index is 2.15. The first kappa shape index (κ1) is 23.9. The van der Waals surface area contributed by atoms with E-state index in [1.807, 2.05) is 0 Å². The summed E-state index contributed by atoms with van der Waals surface area (Å²) in [6.45, 7) is 3.12. The number of Topliss-reactive ketones (excluding diaryl/α,β-unsaturated/α-hetero) is 2. The number of carbonyl (C=O) groups is 3. The summed E-state index contributed by atoms with van der Waals surface area (Å²) in [6.07, 6.45) is 0. The molecule has 0 saturated carbocycles. The molecule has 33 heavy (non-hydrogen) atoms. The summed E-state index contributed by atoms with van der Waals surface area (Å²) in [6, 6.07) is 15.4. The number of rotatable bonds is 8. The van der Waals surface area contributed by atoms with Gasteiger partial charge < -0.3 is 5.32 Å². The van der Waals surface area contributed by atoms with Crippen LogP contribution in [-0.4, -0.2) is 17.5 Å². The maximum absolute atomic E-state index is 14.9. The van der Waals surface area contributed by atoms with Crippen LogP contribution in [0.3, 0.4) is 0 Å². The fourth-order valence-electron chi connectivity index (χ4n) is 3.57. The predicted molar refractivity (Wildman–Crippen MR) is 118 cm³/mol. The highest BCUT2D eigenvalue weighted by molar-refractivity contribution is 6.14.